The molecule has 0 radical (unpaired) electrons. The maximum Gasteiger partial charge on any atom is 0.407 e. The first-order valence-electron chi connectivity index (χ1n) is 6.78. The third-order valence-corrected chi connectivity index (χ3v) is 3.18. The molecular formula is C14H21ClN4O2. The fraction of sp³-hybridized carbons (Fsp3) is 0.429. The van der Waals surface area contributed by atoms with Crippen molar-refractivity contribution in [2.45, 2.75) is 32.5 Å². The number of para-hydroxylation sites is 1. The number of fused-ring (bicyclic) bond motifs is 1. The van der Waals surface area contributed by atoms with Crippen LogP contribution in [0.1, 0.15) is 25.8 Å². The van der Waals surface area contributed by atoms with Crippen LogP contribution in [0.3, 0.4) is 0 Å². The Balaban J connectivity index is 0.00000220. The first-order chi connectivity index (χ1) is 9.65. The molecule has 0 aliphatic carbocycles. The summed E-state index contributed by atoms with van der Waals surface area (Å²) in [5, 5.41) is 6.09. The first kappa shape index (κ1) is 17.1. The van der Waals surface area contributed by atoms with Gasteiger partial charge in [0, 0.05) is 11.3 Å². The zero-order valence-corrected chi connectivity index (χ0v) is 12.9. The lowest BCUT2D eigenvalue weighted by Crippen LogP contribution is -2.48. The molecule has 2 atom stereocenters. The molecule has 1 aliphatic rings. The quantitative estimate of drug-likeness (QED) is 0.794. The van der Waals surface area contributed by atoms with Gasteiger partial charge in [-0.3, -0.25) is 0 Å². The van der Waals surface area contributed by atoms with E-state index in [-0.39, 0.29) is 24.6 Å². The summed E-state index contributed by atoms with van der Waals surface area (Å²) in [4.78, 5) is 16.0. The van der Waals surface area contributed by atoms with Gasteiger partial charge in [-0.05, 0) is 25.5 Å². The molecule has 4 N–H and O–H groups in total. The van der Waals surface area contributed by atoms with Crippen LogP contribution in [-0.4, -0.2) is 30.7 Å². The molecule has 1 aromatic rings. The highest BCUT2D eigenvalue weighted by Gasteiger charge is 2.26. The minimum Gasteiger partial charge on any atom is -0.450 e. The molecule has 1 aliphatic heterocycles. The number of halogens is 1. The lowest BCUT2D eigenvalue weighted by atomic mass is 10.1. The van der Waals surface area contributed by atoms with Crippen LogP contribution in [-0.2, 0) is 4.74 Å². The van der Waals surface area contributed by atoms with Crippen LogP contribution in [0.4, 0.5) is 10.5 Å². The third-order valence-electron chi connectivity index (χ3n) is 3.18. The highest BCUT2D eigenvalue weighted by Crippen LogP contribution is 2.22. The van der Waals surface area contributed by atoms with Gasteiger partial charge in [0.05, 0.1) is 12.6 Å². The number of benzene rings is 1. The summed E-state index contributed by atoms with van der Waals surface area (Å²) in [6, 6.07) is 7.53. The topological polar surface area (TPSA) is 88.7 Å². The highest BCUT2D eigenvalue weighted by molar-refractivity contribution is 6.03. The average Bonchev–Trinajstić information content (AvgIpc) is 2.45. The van der Waals surface area contributed by atoms with Gasteiger partial charge in [-0.2, -0.15) is 0 Å². The van der Waals surface area contributed by atoms with Gasteiger partial charge in [0.2, 0.25) is 0 Å². The van der Waals surface area contributed by atoms with Crippen molar-refractivity contribution in [3.63, 3.8) is 0 Å². The van der Waals surface area contributed by atoms with Crippen LogP contribution in [0.15, 0.2) is 29.3 Å². The Bertz CT molecular complexity index is 521. The van der Waals surface area contributed by atoms with Gasteiger partial charge < -0.3 is 21.1 Å². The van der Waals surface area contributed by atoms with Gasteiger partial charge >= 0.3 is 6.09 Å². The van der Waals surface area contributed by atoms with Crippen LogP contribution >= 0.6 is 12.4 Å². The number of anilines is 1. The Kier molecular flexibility index (Phi) is 6.30. The second kappa shape index (κ2) is 7.73. The van der Waals surface area contributed by atoms with Gasteiger partial charge in [0.25, 0.3) is 0 Å². The third kappa shape index (κ3) is 4.01. The molecule has 1 heterocycles. The van der Waals surface area contributed by atoms with Crippen molar-refractivity contribution < 1.29 is 9.53 Å². The van der Waals surface area contributed by atoms with Gasteiger partial charge in [0.15, 0.2) is 0 Å². The normalized spacial score (nSPS) is 17.4. The maximum absolute atomic E-state index is 11.5. The Morgan fingerprint density at radius 2 is 2.19 bits per heavy atom. The number of nitrogens with zero attached hydrogens (tertiary/aromatic N) is 1. The standard InChI is InChI=1S/C14H20N4O2.ClH/c1-3-10(17-14(19)20-4-2)13-16-11-8-6-5-7-9(11)12(15)18-13;/h5-8,10,13,16H,3-4H2,1-2H3,(H2,15,18)(H,17,19);1H. The van der Waals surface area contributed by atoms with E-state index in [1.807, 2.05) is 31.2 Å². The SMILES string of the molecule is CCOC(=O)NC(CC)C1N=C(N)c2ccccc2N1.Cl. The van der Waals surface area contributed by atoms with Crippen molar-refractivity contribution in [1.82, 2.24) is 5.32 Å². The van der Waals surface area contributed by atoms with Gasteiger partial charge in [-0.1, -0.05) is 19.1 Å². The van der Waals surface area contributed by atoms with E-state index in [0.29, 0.717) is 12.4 Å². The molecule has 1 amide bonds. The number of hydrogen-bond donors (Lipinski definition) is 3. The van der Waals surface area contributed by atoms with E-state index >= 15 is 0 Å². The number of hydrogen-bond acceptors (Lipinski definition) is 5. The molecule has 0 saturated heterocycles. The van der Waals surface area contributed by atoms with E-state index in [1.165, 1.54) is 0 Å². The van der Waals surface area contributed by atoms with Crippen LogP contribution in [0, 0.1) is 0 Å². The number of nitrogens with two attached hydrogens (primary N) is 1. The van der Waals surface area contributed by atoms with Crippen LogP contribution in [0.2, 0.25) is 0 Å². The minimum absolute atomic E-state index is 0. The molecule has 1 aromatic carbocycles. The predicted molar refractivity (Wildman–Crippen MR) is 86.1 cm³/mol. The molecule has 0 fully saturated rings. The number of nitrogens with one attached hydrogen (secondary N) is 2. The molecule has 0 spiro atoms. The lowest BCUT2D eigenvalue weighted by Gasteiger charge is -2.30. The molecule has 2 unspecified atom stereocenters. The molecular weight excluding hydrogens is 292 g/mol. The number of ether oxygens (including phenoxy) is 1. The van der Waals surface area contributed by atoms with Crippen molar-refractivity contribution in [3.05, 3.63) is 29.8 Å². The average molecular weight is 313 g/mol. The number of carbonyl (C=O) groups is 1. The van der Waals surface area contributed by atoms with Crippen molar-refractivity contribution in [2.24, 2.45) is 10.7 Å². The first-order valence-corrected chi connectivity index (χ1v) is 6.78. The smallest absolute Gasteiger partial charge is 0.407 e. The fourth-order valence-electron chi connectivity index (χ4n) is 2.16. The van der Waals surface area contributed by atoms with Crippen LogP contribution in [0.5, 0.6) is 0 Å². The summed E-state index contributed by atoms with van der Waals surface area (Å²) in [6.07, 6.45) is -0.0109. The largest absolute Gasteiger partial charge is 0.450 e. The van der Waals surface area contributed by atoms with E-state index in [1.54, 1.807) is 6.92 Å². The monoisotopic (exact) mass is 312 g/mol. The molecule has 0 bridgehead atoms. The summed E-state index contributed by atoms with van der Waals surface area (Å²) >= 11 is 0. The Labute approximate surface area is 130 Å². The van der Waals surface area contributed by atoms with E-state index in [2.05, 4.69) is 15.6 Å². The van der Waals surface area contributed by atoms with E-state index in [4.69, 9.17) is 10.5 Å². The zero-order chi connectivity index (χ0) is 14.5. The Hall–Kier alpha value is -1.95. The van der Waals surface area contributed by atoms with Crippen LogP contribution < -0.4 is 16.4 Å². The van der Waals surface area contributed by atoms with Crippen molar-refractivity contribution >= 4 is 30.0 Å². The minimum atomic E-state index is -0.436. The number of alkyl carbamates (subject to hydrolysis) is 1. The van der Waals surface area contributed by atoms with Gasteiger partial charge in [0.1, 0.15) is 12.0 Å². The molecule has 6 nitrogen and oxygen atoms in total. The van der Waals surface area contributed by atoms with E-state index in [9.17, 15) is 4.79 Å². The summed E-state index contributed by atoms with van der Waals surface area (Å²) in [5.74, 6) is 0.480. The fourth-order valence-corrected chi connectivity index (χ4v) is 2.16. The molecule has 7 heteroatoms. The second-order valence-corrected chi connectivity index (χ2v) is 4.53. The molecule has 2 rings (SSSR count). The lowest BCUT2D eigenvalue weighted by molar-refractivity contribution is 0.146. The maximum atomic E-state index is 11.5. The van der Waals surface area contributed by atoms with Crippen molar-refractivity contribution in [3.8, 4) is 0 Å². The number of aliphatic imine (C=N–C) groups is 1. The Morgan fingerprint density at radius 3 is 2.86 bits per heavy atom. The van der Waals surface area contributed by atoms with Gasteiger partial charge in [-0.15, -0.1) is 12.4 Å². The molecule has 0 saturated carbocycles. The predicted octanol–water partition coefficient (Wildman–Crippen LogP) is 2.09. The van der Waals surface area contributed by atoms with Crippen molar-refractivity contribution in [2.75, 3.05) is 11.9 Å². The number of amidine groups is 1. The van der Waals surface area contributed by atoms with E-state index in [0.717, 1.165) is 17.7 Å². The summed E-state index contributed by atoms with van der Waals surface area (Å²) < 4.78 is 4.90. The second-order valence-electron chi connectivity index (χ2n) is 4.53. The van der Waals surface area contributed by atoms with Crippen LogP contribution in [0.25, 0.3) is 0 Å². The number of rotatable bonds is 4. The summed E-state index contributed by atoms with van der Waals surface area (Å²) in [5.41, 5.74) is 7.79. The summed E-state index contributed by atoms with van der Waals surface area (Å²) in [6.45, 7) is 4.09. The molecule has 0 aromatic heterocycles. The summed E-state index contributed by atoms with van der Waals surface area (Å²) in [7, 11) is 0. The van der Waals surface area contributed by atoms with Gasteiger partial charge in [-0.25, -0.2) is 9.79 Å². The number of amides is 1. The number of carbonyl (C=O) groups excluding carboxylic acids is 1. The molecule has 116 valence electrons. The molecule has 21 heavy (non-hydrogen) atoms. The van der Waals surface area contributed by atoms with E-state index < -0.39 is 6.09 Å². The Morgan fingerprint density at radius 1 is 1.48 bits per heavy atom. The zero-order valence-electron chi connectivity index (χ0n) is 12.1. The highest BCUT2D eigenvalue weighted by atomic mass is 35.5. The van der Waals surface area contributed by atoms with Crippen molar-refractivity contribution in [1.29, 1.82) is 0 Å².